The smallest absolute Gasteiger partial charge is 0.324 e. The molecular formula is C7H10N2O4. The molecule has 1 aliphatic rings. The second-order valence-corrected chi connectivity index (χ2v) is 2.83. The van der Waals surface area contributed by atoms with Gasteiger partial charge in [-0.3, -0.25) is 14.5 Å². The summed E-state index contributed by atoms with van der Waals surface area (Å²) in [6, 6.07) is -1.14. The molecule has 13 heavy (non-hydrogen) atoms. The lowest BCUT2D eigenvalue weighted by atomic mass is 10.1. The molecule has 0 saturated carbocycles. The number of imide groups is 1. The van der Waals surface area contributed by atoms with Gasteiger partial charge in [-0.2, -0.15) is 0 Å². The molecule has 0 bridgehead atoms. The molecule has 6 heteroatoms. The zero-order valence-corrected chi connectivity index (χ0v) is 7.11. The molecule has 0 aromatic carbocycles. The maximum absolute atomic E-state index is 11.2. The van der Waals surface area contributed by atoms with E-state index in [1.165, 1.54) is 7.05 Å². The lowest BCUT2D eigenvalue weighted by Crippen LogP contribution is -2.29. The molecule has 0 aliphatic carbocycles. The predicted molar refractivity (Wildman–Crippen MR) is 42.0 cm³/mol. The molecule has 0 aromatic rings. The second-order valence-electron chi connectivity index (χ2n) is 2.83. The summed E-state index contributed by atoms with van der Waals surface area (Å²) in [6.07, 6.45) is 0.0226. The highest BCUT2D eigenvalue weighted by Gasteiger charge is 2.34. The Bertz CT molecular complexity index is 263. The van der Waals surface area contributed by atoms with E-state index < -0.39 is 18.0 Å². The zero-order chi connectivity index (χ0) is 10.0. The third-order valence-electron chi connectivity index (χ3n) is 1.88. The third-order valence-corrected chi connectivity index (χ3v) is 1.88. The summed E-state index contributed by atoms with van der Waals surface area (Å²) >= 11 is 0. The van der Waals surface area contributed by atoms with Gasteiger partial charge < -0.3 is 10.4 Å². The van der Waals surface area contributed by atoms with Crippen molar-refractivity contribution in [1.82, 2.24) is 10.2 Å². The van der Waals surface area contributed by atoms with Gasteiger partial charge in [0, 0.05) is 13.5 Å². The summed E-state index contributed by atoms with van der Waals surface area (Å²) in [5.74, 6) is -1.34. The molecule has 1 fully saturated rings. The van der Waals surface area contributed by atoms with Crippen LogP contribution in [0.5, 0.6) is 0 Å². The number of carbonyl (C=O) groups excluding carboxylic acids is 2. The molecule has 1 unspecified atom stereocenters. The number of nitrogens with one attached hydrogen (secondary N) is 1. The van der Waals surface area contributed by atoms with E-state index in [9.17, 15) is 14.4 Å². The van der Waals surface area contributed by atoms with Gasteiger partial charge in [-0.25, -0.2) is 4.79 Å². The SMILES string of the molecule is CN1C(=O)NC(CCC(=O)O)C1=O. The maximum atomic E-state index is 11.2. The molecule has 1 heterocycles. The summed E-state index contributed by atoms with van der Waals surface area (Å²) in [5, 5.41) is 10.7. The van der Waals surface area contributed by atoms with E-state index >= 15 is 0 Å². The first-order valence-electron chi connectivity index (χ1n) is 3.82. The van der Waals surface area contributed by atoms with E-state index in [2.05, 4.69) is 5.32 Å². The highest BCUT2D eigenvalue weighted by Crippen LogP contribution is 2.08. The van der Waals surface area contributed by atoms with E-state index in [1.54, 1.807) is 0 Å². The Morgan fingerprint density at radius 1 is 1.62 bits per heavy atom. The molecule has 1 aliphatic heterocycles. The molecule has 6 nitrogen and oxygen atoms in total. The van der Waals surface area contributed by atoms with Crippen LogP contribution >= 0.6 is 0 Å². The maximum Gasteiger partial charge on any atom is 0.324 e. The van der Waals surface area contributed by atoms with Gasteiger partial charge in [0.1, 0.15) is 6.04 Å². The number of likely N-dealkylation sites (N-methyl/N-ethyl adjacent to an activating group) is 1. The van der Waals surface area contributed by atoms with Gasteiger partial charge in [-0.1, -0.05) is 0 Å². The van der Waals surface area contributed by atoms with Crippen molar-refractivity contribution >= 4 is 17.9 Å². The summed E-state index contributed by atoms with van der Waals surface area (Å²) in [6.45, 7) is 0. The Morgan fingerprint density at radius 3 is 2.62 bits per heavy atom. The first kappa shape index (κ1) is 9.50. The lowest BCUT2D eigenvalue weighted by Gasteiger charge is -2.04. The van der Waals surface area contributed by atoms with E-state index in [4.69, 9.17) is 5.11 Å². The highest BCUT2D eigenvalue weighted by atomic mass is 16.4. The molecule has 0 radical (unpaired) electrons. The van der Waals surface area contributed by atoms with Crippen molar-refractivity contribution in [3.8, 4) is 0 Å². The normalized spacial score (nSPS) is 21.9. The van der Waals surface area contributed by atoms with E-state index in [-0.39, 0.29) is 18.7 Å². The summed E-state index contributed by atoms with van der Waals surface area (Å²) in [4.78, 5) is 33.2. The molecule has 2 N–H and O–H groups in total. The zero-order valence-electron chi connectivity index (χ0n) is 7.11. The van der Waals surface area contributed by atoms with Crippen molar-refractivity contribution in [2.45, 2.75) is 18.9 Å². The molecule has 0 aromatic heterocycles. The standard InChI is InChI=1S/C7H10N2O4/c1-9-6(12)4(8-7(9)13)2-3-5(10)11/h4H,2-3H2,1H3,(H,8,13)(H,10,11). The van der Waals surface area contributed by atoms with Crippen LogP contribution in [0.2, 0.25) is 0 Å². The lowest BCUT2D eigenvalue weighted by molar-refractivity contribution is -0.137. The van der Waals surface area contributed by atoms with Gasteiger partial charge >= 0.3 is 12.0 Å². The van der Waals surface area contributed by atoms with E-state index in [1.807, 2.05) is 0 Å². The quantitative estimate of drug-likeness (QED) is 0.576. The number of nitrogens with zero attached hydrogens (tertiary/aromatic N) is 1. The highest BCUT2D eigenvalue weighted by molar-refractivity contribution is 6.03. The van der Waals surface area contributed by atoms with Crippen LogP contribution in [0.15, 0.2) is 0 Å². The fourth-order valence-electron chi connectivity index (χ4n) is 1.10. The summed E-state index contributed by atoms with van der Waals surface area (Å²) < 4.78 is 0. The molecule has 72 valence electrons. The average Bonchev–Trinajstić information content (AvgIpc) is 2.29. The van der Waals surface area contributed by atoms with Crippen LogP contribution in [-0.4, -0.2) is 41.0 Å². The van der Waals surface area contributed by atoms with Gasteiger partial charge in [0.2, 0.25) is 0 Å². The number of hydrogen-bond donors (Lipinski definition) is 2. The van der Waals surface area contributed by atoms with Crippen LogP contribution in [0.4, 0.5) is 4.79 Å². The number of carboxylic acid groups (broad SMARTS) is 1. The van der Waals surface area contributed by atoms with E-state index in [0.717, 1.165) is 4.90 Å². The van der Waals surface area contributed by atoms with Crippen LogP contribution in [-0.2, 0) is 9.59 Å². The van der Waals surface area contributed by atoms with Gasteiger partial charge in [-0.05, 0) is 6.42 Å². The number of urea groups is 1. The van der Waals surface area contributed by atoms with Gasteiger partial charge in [0.15, 0.2) is 0 Å². The number of amides is 3. The Balaban J connectivity index is 2.49. The molecular weight excluding hydrogens is 176 g/mol. The van der Waals surface area contributed by atoms with Crippen molar-refractivity contribution in [1.29, 1.82) is 0 Å². The average molecular weight is 186 g/mol. The monoisotopic (exact) mass is 186 g/mol. The predicted octanol–water partition coefficient (Wildman–Crippen LogP) is -0.599. The van der Waals surface area contributed by atoms with Crippen LogP contribution in [0.1, 0.15) is 12.8 Å². The van der Waals surface area contributed by atoms with Crippen LogP contribution < -0.4 is 5.32 Å². The van der Waals surface area contributed by atoms with Gasteiger partial charge in [0.25, 0.3) is 5.91 Å². The minimum absolute atomic E-state index is 0.121. The Morgan fingerprint density at radius 2 is 2.23 bits per heavy atom. The Hall–Kier alpha value is -1.59. The summed E-state index contributed by atoms with van der Waals surface area (Å²) in [7, 11) is 1.36. The fraction of sp³-hybridized carbons (Fsp3) is 0.571. The summed E-state index contributed by atoms with van der Waals surface area (Å²) in [5.41, 5.74) is 0. The topological polar surface area (TPSA) is 86.7 Å². The number of carboxylic acids is 1. The van der Waals surface area contributed by atoms with Crippen molar-refractivity contribution in [2.75, 3.05) is 7.05 Å². The Kier molecular flexibility index (Phi) is 2.50. The number of rotatable bonds is 3. The molecule has 0 spiro atoms. The van der Waals surface area contributed by atoms with Crippen LogP contribution in [0.3, 0.4) is 0 Å². The minimum atomic E-state index is -0.975. The van der Waals surface area contributed by atoms with Crippen molar-refractivity contribution in [3.05, 3.63) is 0 Å². The van der Waals surface area contributed by atoms with Crippen molar-refractivity contribution < 1.29 is 19.5 Å². The van der Waals surface area contributed by atoms with Crippen molar-refractivity contribution in [2.24, 2.45) is 0 Å². The van der Waals surface area contributed by atoms with Crippen LogP contribution in [0, 0.1) is 0 Å². The number of carbonyl (C=O) groups is 3. The first-order chi connectivity index (χ1) is 6.02. The number of hydrogen-bond acceptors (Lipinski definition) is 3. The molecule has 3 amide bonds. The Labute approximate surface area is 74.5 Å². The second kappa shape index (κ2) is 3.42. The third kappa shape index (κ3) is 1.95. The fourth-order valence-corrected chi connectivity index (χ4v) is 1.10. The molecule has 1 saturated heterocycles. The minimum Gasteiger partial charge on any atom is -0.481 e. The number of aliphatic carboxylic acids is 1. The van der Waals surface area contributed by atoms with Gasteiger partial charge in [0.05, 0.1) is 0 Å². The van der Waals surface area contributed by atoms with Crippen LogP contribution in [0.25, 0.3) is 0 Å². The molecule has 1 atom stereocenters. The van der Waals surface area contributed by atoms with Crippen molar-refractivity contribution in [3.63, 3.8) is 0 Å². The largest absolute Gasteiger partial charge is 0.481 e. The molecule has 1 rings (SSSR count). The van der Waals surface area contributed by atoms with Gasteiger partial charge in [-0.15, -0.1) is 0 Å². The first-order valence-corrected chi connectivity index (χ1v) is 3.82. The van der Waals surface area contributed by atoms with E-state index in [0.29, 0.717) is 0 Å².